The Bertz CT molecular complexity index is 494. The summed E-state index contributed by atoms with van der Waals surface area (Å²) < 4.78 is 0. The Hall–Kier alpha value is -2.13. The fourth-order valence-electron chi connectivity index (χ4n) is 1.73. The minimum absolute atomic E-state index is 0.427. The second kappa shape index (κ2) is 5.27. The zero-order valence-corrected chi connectivity index (χ0v) is 9.32. The number of nitrogens with two attached hydrogens (primary N) is 1. The van der Waals surface area contributed by atoms with Gasteiger partial charge in [-0.05, 0) is 5.56 Å². The van der Waals surface area contributed by atoms with Crippen LogP contribution in [0, 0.1) is 0 Å². The van der Waals surface area contributed by atoms with Crippen molar-refractivity contribution in [2.45, 2.75) is 6.04 Å². The third-order valence-electron chi connectivity index (χ3n) is 2.63. The first kappa shape index (κ1) is 11.4. The summed E-state index contributed by atoms with van der Waals surface area (Å²) in [4.78, 5) is 0. The molecule has 0 bridgehead atoms. The van der Waals surface area contributed by atoms with Gasteiger partial charge >= 0.3 is 0 Å². The van der Waals surface area contributed by atoms with Gasteiger partial charge in [0.2, 0.25) is 0 Å². The summed E-state index contributed by atoms with van der Waals surface area (Å²) in [6.45, 7) is 0. The van der Waals surface area contributed by atoms with E-state index < -0.39 is 6.04 Å². The van der Waals surface area contributed by atoms with E-state index in [0.29, 0.717) is 5.71 Å². The van der Waals surface area contributed by atoms with E-state index in [1.807, 2.05) is 60.7 Å². The molecule has 0 aliphatic carbocycles. The molecule has 3 nitrogen and oxygen atoms in total. The van der Waals surface area contributed by atoms with Crippen LogP contribution in [0.4, 0.5) is 0 Å². The first-order valence-electron chi connectivity index (χ1n) is 5.41. The van der Waals surface area contributed by atoms with Crippen molar-refractivity contribution in [3.05, 3.63) is 71.8 Å². The number of nitrogens with zero attached hydrogens (tertiary/aromatic N) is 1. The van der Waals surface area contributed by atoms with Gasteiger partial charge in [-0.25, -0.2) is 0 Å². The van der Waals surface area contributed by atoms with Crippen molar-refractivity contribution in [3.8, 4) is 0 Å². The molecule has 2 aromatic rings. The predicted molar refractivity (Wildman–Crippen MR) is 68.1 cm³/mol. The number of rotatable bonds is 3. The van der Waals surface area contributed by atoms with Gasteiger partial charge in [0.15, 0.2) is 0 Å². The number of oxime groups is 1. The second-order valence-corrected chi connectivity index (χ2v) is 3.74. The Morgan fingerprint density at radius 2 is 1.47 bits per heavy atom. The fraction of sp³-hybridized carbons (Fsp3) is 0.0714. The molecule has 17 heavy (non-hydrogen) atoms. The smallest absolute Gasteiger partial charge is 0.108 e. The number of hydrogen-bond donors (Lipinski definition) is 2. The second-order valence-electron chi connectivity index (χ2n) is 3.74. The van der Waals surface area contributed by atoms with Crippen molar-refractivity contribution < 1.29 is 5.21 Å². The first-order chi connectivity index (χ1) is 8.33. The molecule has 3 heteroatoms. The molecular weight excluding hydrogens is 212 g/mol. The zero-order valence-electron chi connectivity index (χ0n) is 9.32. The average molecular weight is 226 g/mol. The lowest BCUT2D eigenvalue weighted by atomic mass is 9.97. The lowest BCUT2D eigenvalue weighted by molar-refractivity contribution is 0.317. The molecule has 0 aliphatic rings. The molecule has 0 aliphatic heterocycles. The molecule has 1 atom stereocenters. The van der Waals surface area contributed by atoms with Gasteiger partial charge in [-0.2, -0.15) is 0 Å². The number of hydrogen-bond acceptors (Lipinski definition) is 3. The van der Waals surface area contributed by atoms with E-state index in [4.69, 9.17) is 10.9 Å². The van der Waals surface area contributed by atoms with Crippen LogP contribution in [0.1, 0.15) is 17.2 Å². The quantitative estimate of drug-likeness (QED) is 0.480. The summed E-state index contributed by atoms with van der Waals surface area (Å²) in [6.07, 6.45) is 0. The Balaban J connectivity index is 2.33. The Morgan fingerprint density at radius 3 is 2.00 bits per heavy atom. The molecule has 0 spiro atoms. The minimum Gasteiger partial charge on any atom is -0.411 e. The van der Waals surface area contributed by atoms with Gasteiger partial charge in [0.05, 0.1) is 6.04 Å². The molecule has 86 valence electrons. The van der Waals surface area contributed by atoms with Gasteiger partial charge in [0.1, 0.15) is 5.71 Å². The maximum Gasteiger partial charge on any atom is 0.108 e. The molecule has 0 radical (unpaired) electrons. The minimum atomic E-state index is -0.427. The molecule has 0 fully saturated rings. The van der Waals surface area contributed by atoms with Crippen molar-refractivity contribution >= 4 is 5.71 Å². The molecule has 0 amide bonds. The summed E-state index contributed by atoms with van der Waals surface area (Å²) >= 11 is 0. The van der Waals surface area contributed by atoms with Crippen molar-refractivity contribution in [1.29, 1.82) is 0 Å². The van der Waals surface area contributed by atoms with E-state index in [0.717, 1.165) is 11.1 Å². The van der Waals surface area contributed by atoms with Gasteiger partial charge < -0.3 is 10.9 Å². The van der Waals surface area contributed by atoms with E-state index >= 15 is 0 Å². The van der Waals surface area contributed by atoms with Gasteiger partial charge in [0.25, 0.3) is 0 Å². The maximum atomic E-state index is 9.12. The summed E-state index contributed by atoms with van der Waals surface area (Å²) in [5.74, 6) is 0. The summed E-state index contributed by atoms with van der Waals surface area (Å²) in [6, 6.07) is 18.6. The number of benzene rings is 2. The molecule has 2 rings (SSSR count). The molecule has 3 N–H and O–H groups in total. The van der Waals surface area contributed by atoms with Crippen LogP contribution in [0.2, 0.25) is 0 Å². The average Bonchev–Trinajstić information content (AvgIpc) is 2.42. The van der Waals surface area contributed by atoms with Crippen LogP contribution in [-0.4, -0.2) is 10.9 Å². The summed E-state index contributed by atoms with van der Waals surface area (Å²) in [7, 11) is 0. The highest BCUT2D eigenvalue weighted by molar-refractivity contribution is 6.04. The van der Waals surface area contributed by atoms with Crippen molar-refractivity contribution in [1.82, 2.24) is 0 Å². The SMILES string of the molecule is N[C@H](/C(=N\O)c1ccccc1)c1ccccc1. The fourth-order valence-corrected chi connectivity index (χ4v) is 1.73. The summed E-state index contributed by atoms with van der Waals surface area (Å²) in [5, 5.41) is 12.4. The largest absolute Gasteiger partial charge is 0.411 e. The summed E-state index contributed by atoms with van der Waals surface area (Å²) in [5.41, 5.74) is 8.31. The lowest BCUT2D eigenvalue weighted by Crippen LogP contribution is -2.22. The van der Waals surface area contributed by atoms with Crippen LogP contribution in [0.3, 0.4) is 0 Å². The van der Waals surface area contributed by atoms with Gasteiger partial charge in [0, 0.05) is 5.56 Å². The normalized spacial score (nSPS) is 13.4. The standard InChI is InChI=1S/C14H14N2O/c15-13(11-7-3-1-4-8-11)14(16-17)12-9-5-2-6-10-12/h1-10,13,17H,15H2/b16-14-/t13-/m0/s1. The van der Waals surface area contributed by atoms with Crippen molar-refractivity contribution in [3.63, 3.8) is 0 Å². The zero-order chi connectivity index (χ0) is 12.1. The van der Waals surface area contributed by atoms with Crippen LogP contribution in [0.5, 0.6) is 0 Å². The van der Waals surface area contributed by atoms with Crippen LogP contribution >= 0.6 is 0 Å². The van der Waals surface area contributed by atoms with Crippen LogP contribution < -0.4 is 5.73 Å². The van der Waals surface area contributed by atoms with E-state index in [1.54, 1.807) is 0 Å². The molecule has 0 heterocycles. The molecule has 0 saturated heterocycles. The van der Waals surface area contributed by atoms with E-state index in [9.17, 15) is 0 Å². The highest BCUT2D eigenvalue weighted by Gasteiger charge is 2.15. The third-order valence-corrected chi connectivity index (χ3v) is 2.63. The van der Waals surface area contributed by atoms with Crippen molar-refractivity contribution in [2.75, 3.05) is 0 Å². The van der Waals surface area contributed by atoms with Gasteiger partial charge in [-0.1, -0.05) is 65.8 Å². The maximum absolute atomic E-state index is 9.12. The van der Waals surface area contributed by atoms with Crippen LogP contribution in [0.25, 0.3) is 0 Å². The Kier molecular flexibility index (Phi) is 3.52. The van der Waals surface area contributed by atoms with E-state index in [-0.39, 0.29) is 0 Å². The molecular formula is C14H14N2O. The monoisotopic (exact) mass is 226 g/mol. The molecule has 0 aromatic heterocycles. The van der Waals surface area contributed by atoms with Crippen LogP contribution in [0.15, 0.2) is 65.8 Å². The molecule has 0 unspecified atom stereocenters. The first-order valence-corrected chi connectivity index (χ1v) is 5.41. The topological polar surface area (TPSA) is 58.6 Å². The third kappa shape index (κ3) is 2.52. The van der Waals surface area contributed by atoms with Crippen LogP contribution in [-0.2, 0) is 0 Å². The highest BCUT2D eigenvalue weighted by atomic mass is 16.4. The van der Waals surface area contributed by atoms with Crippen molar-refractivity contribution in [2.24, 2.45) is 10.9 Å². The van der Waals surface area contributed by atoms with E-state index in [1.165, 1.54) is 0 Å². The predicted octanol–water partition coefficient (Wildman–Crippen LogP) is 2.56. The Labute approximate surface area is 100 Å². The van der Waals surface area contributed by atoms with E-state index in [2.05, 4.69) is 5.16 Å². The Morgan fingerprint density at radius 1 is 0.941 bits per heavy atom. The highest BCUT2D eigenvalue weighted by Crippen LogP contribution is 2.16. The van der Waals surface area contributed by atoms with Gasteiger partial charge in [-0.15, -0.1) is 0 Å². The molecule has 2 aromatic carbocycles. The lowest BCUT2D eigenvalue weighted by Gasteiger charge is -2.13. The molecule has 0 saturated carbocycles. The van der Waals surface area contributed by atoms with Gasteiger partial charge in [-0.3, -0.25) is 0 Å².